The second kappa shape index (κ2) is 6.17. The first kappa shape index (κ1) is 16.3. The molecule has 0 atom stereocenters. The number of nitrogens with one attached hydrogen (secondary N) is 1. The van der Waals surface area contributed by atoms with Crippen molar-refractivity contribution in [1.29, 1.82) is 0 Å². The van der Waals surface area contributed by atoms with E-state index in [9.17, 15) is 12.8 Å². The molecule has 0 unspecified atom stereocenters. The molecule has 1 N–H and O–H groups in total. The van der Waals surface area contributed by atoms with Crippen LogP contribution in [0.5, 0.6) is 0 Å². The molecule has 0 aliphatic rings. The number of hydrogen-bond donors (Lipinski definition) is 1. The number of aromatic nitrogens is 4. The first-order valence-electron chi connectivity index (χ1n) is 6.67. The highest BCUT2D eigenvalue weighted by Gasteiger charge is 2.17. The molecule has 1 heterocycles. The summed E-state index contributed by atoms with van der Waals surface area (Å²) in [6.45, 7) is 0. The molecule has 7 nitrogen and oxygen atoms in total. The Kier molecular flexibility index (Phi) is 4.20. The molecule has 0 fully saturated rings. The number of sulfonamides is 1. The number of halogens is 2. The normalized spacial score (nSPS) is 11.5. The number of aryl methyl sites for hydroxylation is 1. The predicted molar refractivity (Wildman–Crippen MR) is 86.5 cm³/mol. The van der Waals surface area contributed by atoms with E-state index in [1.54, 1.807) is 31.3 Å². The highest BCUT2D eigenvalue weighted by molar-refractivity contribution is 7.92. The van der Waals surface area contributed by atoms with Gasteiger partial charge in [0.05, 0.1) is 9.92 Å². The van der Waals surface area contributed by atoms with Crippen molar-refractivity contribution < 1.29 is 12.8 Å². The zero-order valence-electron chi connectivity index (χ0n) is 12.3. The smallest absolute Gasteiger partial charge is 0.261 e. The van der Waals surface area contributed by atoms with Crippen LogP contribution >= 0.6 is 11.6 Å². The van der Waals surface area contributed by atoms with Crippen molar-refractivity contribution in [2.24, 2.45) is 7.05 Å². The Hall–Kier alpha value is -2.52. The van der Waals surface area contributed by atoms with Gasteiger partial charge in [-0.15, -0.1) is 5.10 Å². The summed E-state index contributed by atoms with van der Waals surface area (Å²) in [6, 6.07) is 9.77. The van der Waals surface area contributed by atoms with Gasteiger partial charge in [-0.1, -0.05) is 23.7 Å². The molecule has 0 radical (unpaired) electrons. The fourth-order valence-corrected chi connectivity index (χ4v) is 3.37. The van der Waals surface area contributed by atoms with Crippen molar-refractivity contribution in [3.8, 4) is 11.4 Å². The fourth-order valence-electron chi connectivity index (χ4n) is 2.05. The van der Waals surface area contributed by atoms with Crippen LogP contribution in [0.4, 0.5) is 10.1 Å². The molecule has 0 aliphatic carbocycles. The van der Waals surface area contributed by atoms with Gasteiger partial charge in [-0.05, 0) is 40.8 Å². The van der Waals surface area contributed by atoms with Gasteiger partial charge in [-0.3, -0.25) is 4.72 Å². The van der Waals surface area contributed by atoms with E-state index < -0.39 is 15.8 Å². The second-order valence-corrected chi connectivity index (χ2v) is 6.98. The van der Waals surface area contributed by atoms with Gasteiger partial charge < -0.3 is 0 Å². The van der Waals surface area contributed by atoms with Crippen LogP contribution < -0.4 is 4.72 Å². The molecule has 2 aromatic carbocycles. The molecule has 0 amide bonds. The maximum atomic E-state index is 13.2. The summed E-state index contributed by atoms with van der Waals surface area (Å²) in [5.41, 5.74) is 0.954. The van der Waals surface area contributed by atoms with Crippen molar-refractivity contribution >= 4 is 27.3 Å². The monoisotopic (exact) mass is 367 g/mol. The molecule has 0 aliphatic heterocycles. The molecular weight excluding hydrogens is 357 g/mol. The number of tetrazole rings is 1. The van der Waals surface area contributed by atoms with Crippen LogP contribution in [0.2, 0.25) is 5.02 Å². The zero-order chi connectivity index (χ0) is 17.3. The van der Waals surface area contributed by atoms with Crippen molar-refractivity contribution in [2.45, 2.75) is 4.90 Å². The summed E-state index contributed by atoms with van der Waals surface area (Å²) in [6.07, 6.45) is 0. The van der Waals surface area contributed by atoms with Gasteiger partial charge in [0.15, 0.2) is 5.82 Å². The van der Waals surface area contributed by atoms with Gasteiger partial charge in [-0.25, -0.2) is 17.5 Å². The minimum Gasteiger partial charge on any atom is -0.280 e. The highest BCUT2D eigenvalue weighted by atomic mass is 35.5. The second-order valence-electron chi connectivity index (χ2n) is 4.89. The lowest BCUT2D eigenvalue weighted by Gasteiger charge is -2.09. The number of benzene rings is 2. The lowest BCUT2D eigenvalue weighted by atomic mass is 10.2. The third-order valence-corrected chi connectivity index (χ3v) is 4.86. The summed E-state index contributed by atoms with van der Waals surface area (Å²) < 4.78 is 41.9. The van der Waals surface area contributed by atoms with Crippen LogP contribution in [-0.2, 0) is 17.1 Å². The molecule has 1 aromatic heterocycles. The Morgan fingerprint density at radius 2 is 2.00 bits per heavy atom. The van der Waals surface area contributed by atoms with E-state index in [1.165, 1.54) is 4.68 Å². The van der Waals surface area contributed by atoms with E-state index in [0.717, 1.165) is 18.2 Å². The molecule has 0 saturated carbocycles. The number of anilines is 1. The molecule has 124 valence electrons. The van der Waals surface area contributed by atoms with Crippen molar-refractivity contribution in [2.75, 3.05) is 4.72 Å². The Labute approximate surface area is 142 Å². The lowest BCUT2D eigenvalue weighted by molar-refractivity contribution is 0.599. The quantitative estimate of drug-likeness (QED) is 0.765. The molecule has 0 bridgehead atoms. The van der Waals surface area contributed by atoms with Gasteiger partial charge in [-0.2, -0.15) is 0 Å². The predicted octanol–water partition coefficient (Wildman–Crippen LogP) is 2.47. The van der Waals surface area contributed by atoms with Crippen molar-refractivity contribution in [1.82, 2.24) is 20.2 Å². The summed E-state index contributed by atoms with van der Waals surface area (Å²) in [4.78, 5) is -0.139. The van der Waals surface area contributed by atoms with Crippen LogP contribution in [-0.4, -0.2) is 28.6 Å². The zero-order valence-corrected chi connectivity index (χ0v) is 13.9. The maximum Gasteiger partial charge on any atom is 0.261 e. The SMILES string of the molecule is Cn1nnnc1-c1cccc(NS(=O)(=O)c2ccc(F)c(Cl)c2)c1. The van der Waals surface area contributed by atoms with E-state index in [1.807, 2.05) is 0 Å². The van der Waals surface area contributed by atoms with Gasteiger partial charge in [0, 0.05) is 18.3 Å². The fraction of sp³-hybridized carbons (Fsp3) is 0.0714. The van der Waals surface area contributed by atoms with Crippen LogP contribution in [0, 0.1) is 5.82 Å². The van der Waals surface area contributed by atoms with E-state index in [4.69, 9.17) is 11.6 Å². The first-order chi connectivity index (χ1) is 11.4. The minimum atomic E-state index is -3.91. The number of hydrogen-bond acceptors (Lipinski definition) is 5. The molecule has 24 heavy (non-hydrogen) atoms. The molecule has 10 heteroatoms. The summed E-state index contributed by atoms with van der Waals surface area (Å²) in [5, 5.41) is 10.9. The van der Waals surface area contributed by atoms with E-state index >= 15 is 0 Å². The minimum absolute atomic E-state index is 0.139. The van der Waals surface area contributed by atoms with E-state index in [0.29, 0.717) is 17.1 Å². The number of nitrogens with zero attached hydrogens (tertiary/aromatic N) is 4. The average Bonchev–Trinajstić information content (AvgIpc) is 2.96. The van der Waals surface area contributed by atoms with Gasteiger partial charge in [0.25, 0.3) is 10.0 Å². The van der Waals surface area contributed by atoms with E-state index in [-0.39, 0.29) is 9.92 Å². The third kappa shape index (κ3) is 3.22. The Morgan fingerprint density at radius 1 is 1.21 bits per heavy atom. The Morgan fingerprint density at radius 3 is 2.67 bits per heavy atom. The largest absolute Gasteiger partial charge is 0.280 e. The standard InChI is InChI=1S/C14H11ClFN5O2S/c1-21-14(17-19-20-21)9-3-2-4-10(7-9)18-24(22,23)11-5-6-13(16)12(15)8-11/h2-8,18H,1H3. The molecule has 0 spiro atoms. The Balaban J connectivity index is 1.93. The summed E-state index contributed by atoms with van der Waals surface area (Å²) in [7, 11) is -2.23. The first-order valence-corrected chi connectivity index (χ1v) is 8.53. The summed E-state index contributed by atoms with van der Waals surface area (Å²) >= 11 is 5.64. The molecule has 3 rings (SSSR count). The van der Waals surface area contributed by atoms with Crippen molar-refractivity contribution in [3.63, 3.8) is 0 Å². The van der Waals surface area contributed by atoms with Crippen LogP contribution in [0.3, 0.4) is 0 Å². The molecule has 0 saturated heterocycles. The summed E-state index contributed by atoms with van der Waals surface area (Å²) in [5.74, 6) is -0.201. The average molecular weight is 368 g/mol. The van der Waals surface area contributed by atoms with Crippen LogP contribution in [0.15, 0.2) is 47.4 Å². The van der Waals surface area contributed by atoms with Gasteiger partial charge in [0.2, 0.25) is 0 Å². The Bertz CT molecular complexity index is 1010. The van der Waals surface area contributed by atoms with Crippen molar-refractivity contribution in [3.05, 3.63) is 53.3 Å². The van der Waals surface area contributed by atoms with Crippen LogP contribution in [0.1, 0.15) is 0 Å². The highest BCUT2D eigenvalue weighted by Crippen LogP contribution is 2.24. The molecular formula is C14H11ClFN5O2S. The van der Waals surface area contributed by atoms with Gasteiger partial charge >= 0.3 is 0 Å². The number of rotatable bonds is 4. The third-order valence-electron chi connectivity index (χ3n) is 3.19. The van der Waals surface area contributed by atoms with E-state index in [2.05, 4.69) is 20.2 Å². The maximum absolute atomic E-state index is 13.2. The molecule has 3 aromatic rings. The van der Waals surface area contributed by atoms with Gasteiger partial charge in [0.1, 0.15) is 5.82 Å². The van der Waals surface area contributed by atoms with Crippen LogP contribution in [0.25, 0.3) is 11.4 Å². The topological polar surface area (TPSA) is 89.8 Å². The lowest BCUT2D eigenvalue weighted by Crippen LogP contribution is -2.13.